The maximum atomic E-state index is 11.4. The highest BCUT2D eigenvalue weighted by atomic mass is 16.5. The number of likely N-dealkylation sites (N-methyl/N-ethyl adjacent to an activating group) is 1. The lowest BCUT2D eigenvalue weighted by atomic mass is 10.00. The second-order valence-electron chi connectivity index (χ2n) is 4.91. The molecule has 4 atom stereocenters. The third kappa shape index (κ3) is 2.74. The van der Waals surface area contributed by atoms with E-state index in [2.05, 4.69) is 11.8 Å². The zero-order valence-electron chi connectivity index (χ0n) is 10.6. The summed E-state index contributed by atoms with van der Waals surface area (Å²) in [5.41, 5.74) is 0. The molecule has 4 heteroatoms. The fourth-order valence-corrected chi connectivity index (χ4v) is 2.54. The Bertz CT molecular complexity index is 244. The molecule has 0 saturated heterocycles. The number of aliphatic hydroxyl groups is 1. The lowest BCUT2D eigenvalue weighted by Gasteiger charge is -2.28. The second kappa shape index (κ2) is 5.64. The quantitative estimate of drug-likeness (QED) is 0.727. The minimum Gasteiger partial charge on any atom is -0.468 e. The standard InChI is InChI=1S/C12H23NO3/c1-8-5-11(6-10(8)7-14)13(3)9(2)12(15)16-4/h8-11,14H,5-7H2,1-4H3/t8-,9?,10+,11+/m0/s1. The van der Waals surface area contributed by atoms with Gasteiger partial charge in [0.15, 0.2) is 0 Å². The van der Waals surface area contributed by atoms with E-state index in [-0.39, 0.29) is 18.6 Å². The summed E-state index contributed by atoms with van der Waals surface area (Å²) in [7, 11) is 3.37. The number of rotatable bonds is 4. The van der Waals surface area contributed by atoms with Crippen LogP contribution in [0, 0.1) is 11.8 Å². The molecule has 0 aliphatic heterocycles. The molecule has 0 radical (unpaired) electrons. The smallest absolute Gasteiger partial charge is 0.322 e. The average molecular weight is 229 g/mol. The molecule has 16 heavy (non-hydrogen) atoms. The number of nitrogens with zero attached hydrogens (tertiary/aromatic N) is 1. The lowest BCUT2D eigenvalue weighted by molar-refractivity contribution is -0.146. The summed E-state index contributed by atoms with van der Waals surface area (Å²) in [6.07, 6.45) is 2.01. The van der Waals surface area contributed by atoms with Crippen LogP contribution in [-0.2, 0) is 9.53 Å². The highest BCUT2D eigenvalue weighted by molar-refractivity contribution is 5.75. The molecule has 0 heterocycles. The third-order valence-corrected chi connectivity index (χ3v) is 3.99. The van der Waals surface area contributed by atoms with E-state index in [1.165, 1.54) is 7.11 Å². The number of carbonyl (C=O) groups excluding carboxylic acids is 1. The van der Waals surface area contributed by atoms with Crippen LogP contribution in [0.15, 0.2) is 0 Å². The van der Waals surface area contributed by atoms with Crippen LogP contribution in [0.25, 0.3) is 0 Å². The van der Waals surface area contributed by atoms with Crippen LogP contribution in [0.3, 0.4) is 0 Å². The maximum absolute atomic E-state index is 11.4. The summed E-state index contributed by atoms with van der Waals surface area (Å²) >= 11 is 0. The SMILES string of the molecule is COC(=O)C(C)N(C)[C@H]1C[C@H](CO)[C@@H](C)C1. The Hall–Kier alpha value is -0.610. The summed E-state index contributed by atoms with van der Waals surface area (Å²) < 4.78 is 4.74. The van der Waals surface area contributed by atoms with Crippen molar-refractivity contribution in [2.75, 3.05) is 20.8 Å². The number of hydrogen-bond acceptors (Lipinski definition) is 4. The first-order valence-electron chi connectivity index (χ1n) is 5.91. The predicted octanol–water partition coefficient (Wildman–Crippen LogP) is 0.887. The zero-order chi connectivity index (χ0) is 12.3. The molecule has 1 N–H and O–H groups in total. The van der Waals surface area contributed by atoms with E-state index in [1.807, 2.05) is 14.0 Å². The Morgan fingerprint density at radius 3 is 2.62 bits per heavy atom. The van der Waals surface area contributed by atoms with Crippen molar-refractivity contribution in [2.24, 2.45) is 11.8 Å². The molecule has 1 fully saturated rings. The summed E-state index contributed by atoms with van der Waals surface area (Å²) in [5, 5.41) is 9.22. The molecule has 0 aromatic carbocycles. The van der Waals surface area contributed by atoms with Crippen molar-refractivity contribution in [3.8, 4) is 0 Å². The van der Waals surface area contributed by atoms with E-state index in [0.29, 0.717) is 17.9 Å². The second-order valence-corrected chi connectivity index (χ2v) is 4.91. The number of esters is 1. The van der Waals surface area contributed by atoms with Gasteiger partial charge < -0.3 is 9.84 Å². The van der Waals surface area contributed by atoms with Gasteiger partial charge in [0, 0.05) is 12.6 Å². The molecule has 1 saturated carbocycles. The minimum atomic E-state index is -0.209. The first-order valence-corrected chi connectivity index (χ1v) is 5.91. The number of aliphatic hydroxyl groups excluding tert-OH is 1. The summed E-state index contributed by atoms with van der Waals surface area (Å²) in [5.74, 6) is 0.710. The Morgan fingerprint density at radius 1 is 1.56 bits per heavy atom. The Balaban J connectivity index is 2.56. The van der Waals surface area contributed by atoms with Crippen LogP contribution in [0.2, 0.25) is 0 Å². The number of methoxy groups -OCH3 is 1. The number of ether oxygens (including phenoxy) is 1. The average Bonchev–Trinajstić information content (AvgIpc) is 2.67. The molecule has 0 amide bonds. The van der Waals surface area contributed by atoms with Crippen LogP contribution < -0.4 is 0 Å². The fraction of sp³-hybridized carbons (Fsp3) is 0.917. The van der Waals surface area contributed by atoms with E-state index in [1.54, 1.807) is 0 Å². The van der Waals surface area contributed by atoms with Crippen molar-refractivity contribution in [1.29, 1.82) is 0 Å². The lowest BCUT2D eigenvalue weighted by Crippen LogP contribution is -2.42. The van der Waals surface area contributed by atoms with E-state index in [4.69, 9.17) is 4.74 Å². The molecule has 1 aliphatic carbocycles. The molecule has 0 aromatic rings. The van der Waals surface area contributed by atoms with Gasteiger partial charge in [0.05, 0.1) is 7.11 Å². The van der Waals surface area contributed by atoms with Crippen LogP contribution in [0.5, 0.6) is 0 Å². The molecule has 0 spiro atoms. The van der Waals surface area contributed by atoms with Gasteiger partial charge in [-0.2, -0.15) is 0 Å². The minimum absolute atomic E-state index is 0.192. The monoisotopic (exact) mass is 229 g/mol. The van der Waals surface area contributed by atoms with Crippen LogP contribution in [0.4, 0.5) is 0 Å². The Kier molecular flexibility index (Phi) is 4.74. The van der Waals surface area contributed by atoms with E-state index >= 15 is 0 Å². The van der Waals surface area contributed by atoms with Gasteiger partial charge in [0.1, 0.15) is 6.04 Å². The van der Waals surface area contributed by atoms with Gasteiger partial charge in [-0.1, -0.05) is 6.92 Å². The normalized spacial score (nSPS) is 31.8. The maximum Gasteiger partial charge on any atom is 0.322 e. The van der Waals surface area contributed by atoms with Crippen molar-refractivity contribution in [2.45, 2.75) is 38.8 Å². The van der Waals surface area contributed by atoms with E-state index in [9.17, 15) is 9.90 Å². The van der Waals surface area contributed by atoms with E-state index in [0.717, 1.165) is 12.8 Å². The van der Waals surface area contributed by atoms with Crippen LogP contribution in [-0.4, -0.2) is 48.8 Å². The van der Waals surface area contributed by atoms with Gasteiger partial charge in [-0.15, -0.1) is 0 Å². The fourth-order valence-electron chi connectivity index (χ4n) is 2.54. The van der Waals surface area contributed by atoms with Gasteiger partial charge in [-0.05, 0) is 38.6 Å². The topological polar surface area (TPSA) is 49.8 Å². The largest absolute Gasteiger partial charge is 0.468 e. The Morgan fingerprint density at radius 2 is 2.19 bits per heavy atom. The summed E-state index contributed by atoms with van der Waals surface area (Å²) in [4.78, 5) is 13.5. The molecular weight excluding hydrogens is 206 g/mol. The number of hydrogen-bond donors (Lipinski definition) is 1. The van der Waals surface area contributed by atoms with Gasteiger partial charge >= 0.3 is 5.97 Å². The molecule has 94 valence electrons. The molecular formula is C12H23NO3. The highest BCUT2D eigenvalue weighted by Gasteiger charge is 2.35. The van der Waals surface area contributed by atoms with Crippen molar-refractivity contribution in [3.63, 3.8) is 0 Å². The van der Waals surface area contributed by atoms with Gasteiger partial charge in [0.2, 0.25) is 0 Å². The number of carbonyl (C=O) groups is 1. The molecule has 0 aromatic heterocycles. The van der Waals surface area contributed by atoms with Crippen molar-refractivity contribution in [3.05, 3.63) is 0 Å². The molecule has 0 bridgehead atoms. The molecule has 4 nitrogen and oxygen atoms in total. The molecule has 1 unspecified atom stereocenters. The summed E-state index contributed by atoms with van der Waals surface area (Å²) in [6.45, 7) is 4.28. The van der Waals surface area contributed by atoms with Crippen molar-refractivity contribution >= 4 is 5.97 Å². The van der Waals surface area contributed by atoms with Crippen molar-refractivity contribution in [1.82, 2.24) is 4.90 Å². The first-order chi connectivity index (χ1) is 7.51. The van der Waals surface area contributed by atoms with Gasteiger partial charge in [-0.25, -0.2) is 0 Å². The van der Waals surface area contributed by atoms with E-state index < -0.39 is 0 Å². The van der Waals surface area contributed by atoms with Gasteiger partial charge in [0.25, 0.3) is 0 Å². The zero-order valence-corrected chi connectivity index (χ0v) is 10.6. The molecule has 1 rings (SSSR count). The Labute approximate surface area is 97.6 Å². The van der Waals surface area contributed by atoms with Gasteiger partial charge in [-0.3, -0.25) is 9.69 Å². The first kappa shape index (κ1) is 13.5. The predicted molar refractivity (Wildman–Crippen MR) is 62.0 cm³/mol. The third-order valence-electron chi connectivity index (χ3n) is 3.99. The van der Waals surface area contributed by atoms with Crippen molar-refractivity contribution < 1.29 is 14.6 Å². The van der Waals surface area contributed by atoms with Crippen LogP contribution >= 0.6 is 0 Å². The van der Waals surface area contributed by atoms with Crippen LogP contribution in [0.1, 0.15) is 26.7 Å². The summed E-state index contributed by atoms with van der Waals surface area (Å²) in [6, 6.07) is 0.167. The highest BCUT2D eigenvalue weighted by Crippen LogP contribution is 2.34. The molecule has 1 aliphatic rings.